The zero-order chi connectivity index (χ0) is 23.7. The van der Waals surface area contributed by atoms with Crippen LogP contribution in [0.15, 0.2) is 48.3 Å². The Kier molecular flexibility index (Phi) is 5.96. The predicted octanol–water partition coefficient (Wildman–Crippen LogP) is 5.30. The Hall–Kier alpha value is -3.81. The highest BCUT2D eigenvalue weighted by molar-refractivity contribution is 6.07. The van der Waals surface area contributed by atoms with Gasteiger partial charge in [0.1, 0.15) is 5.75 Å². The molecule has 0 aliphatic carbocycles. The molecule has 3 aromatic rings. The van der Waals surface area contributed by atoms with Crippen molar-refractivity contribution in [1.29, 1.82) is 0 Å². The molecule has 34 heavy (non-hydrogen) atoms. The van der Waals surface area contributed by atoms with Crippen LogP contribution in [0.4, 0.5) is 15.8 Å². The predicted molar refractivity (Wildman–Crippen MR) is 128 cm³/mol. The van der Waals surface area contributed by atoms with Gasteiger partial charge in [-0.25, -0.2) is 4.39 Å². The van der Waals surface area contributed by atoms with Crippen molar-refractivity contribution in [3.8, 4) is 22.8 Å². The molecule has 5 rings (SSSR count). The van der Waals surface area contributed by atoms with Gasteiger partial charge in [-0.15, -0.1) is 0 Å². The smallest absolute Gasteiger partial charge is 0.255 e. The van der Waals surface area contributed by atoms with Gasteiger partial charge in [-0.2, -0.15) is 0 Å². The fourth-order valence-corrected chi connectivity index (χ4v) is 4.67. The SMILES string of the molecule is COc1c(F)cccc1Nc1c2[nH]c3c1C(=O)NC[C@@H]3CC/C(C)=C\CCOc1cnccc1-2. The van der Waals surface area contributed by atoms with Crippen molar-refractivity contribution in [3.05, 3.63) is 65.4 Å². The molecule has 8 heteroatoms. The summed E-state index contributed by atoms with van der Waals surface area (Å²) in [5.41, 5.74) is 5.14. The van der Waals surface area contributed by atoms with Gasteiger partial charge in [0.2, 0.25) is 0 Å². The lowest BCUT2D eigenvalue weighted by molar-refractivity contribution is 0.0940. The summed E-state index contributed by atoms with van der Waals surface area (Å²) >= 11 is 0. The fourth-order valence-electron chi connectivity index (χ4n) is 4.67. The monoisotopic (exact) mass is 462 g/mol. The van der Waals surface area contributed by atoms with Crippen molar-refractivity contribution in [1.82, 2.24) is 15.3 Å². The topological polar surface area (TPSA) is 88.3 Å². The number of H-pyrrole nitrogens is 1. The van der Waals surface area contributed by atoms with Gasteiger partial charge >= 0.3 is 0 Å². The van der Waals surface area contributed by atoms with Crippen molar-refractivity contribution in [2.24, 2.45) is 0 Å². The number of carbonyl (C=O) groups excluding carboxylic acids is 1. The molecule has 0 unspecified atom stereocenters. The molecular weight excluding hydrogens is 435 g/mol. The number of benzene rings is 1. The Morgan fingerprint density at radius 2 is 2.18 bits per heavy atom. The lowest BCUT2D eigenvalue weighted by Crippen LogP contribution is -2.35. The molecule has 0 radical (unpaired) electrons. The largest absolute Gasteiger partial charge is 0.492 e. The summed E-state index contributed by atoms with van der Waals surface area (Å²) in [4.78, 5) is 20.9. The van der Waals surface area contributed by atoms with Gasteiger partial charge in [0.15, 0.2) is 11.6 Å². The molecule has 4 heterocycles. The van der Waals surface area contributed by atoms with E-state index in [0.717, 1.165) is 30.5 Å². The number of allylic oxidation sites excluding steroid dienone is 1. The van der Waals surface area contributed by atoms with Crippen molar-refractivity contribution in [2.75, 3.05) is 25.6 Å². The Bertz CT molecular complexity index is 1270. The second-order valence-corrected chi connectivity index (χ2v) is 8.61. The maximum atomic E-state index is 14.4. The van der Waals surface area contributed by atoms with Gasteiger partial charge in [0, 0.05) is 29.9 Å². The minimum absolute atomic E-state index is 0.0811. The van der Waals surface area contributed by atoms with Gasteiger partial charge in [0.25, 0.3) is 5.91 Å². The van der Waals surface area contributed by atoms with Gasteiger partial charge in [-0.3, -0.25) is 9.78 Å². The number of fused-ring (bicyclic) bond motifs is 3. The molecule has 0 saturated heterocycles. The van der Waals surface area contributed by atoms with E-state index in [4.69, 9.17) is 9.47 Å². The van der Waals surface area contributed by atoms with E-state index in [-0.39, 0.29) is 17.6 Å². The van der Waals surface area contributed by atoms with E-state index in [2.05, 4.69) is 33.6 Å². The summed E-state index contributed by atoms with van der Waals surface area (Å²) in [6.45, 7) is 3.20. The summed E-state index contributed by atoms with van der Waals surface area (Å²) in [5, 5.41) is 6.33. The summed E-state index contributed by atoms with van der Waals surface area (Å²) in [7, 11) is 1.42. The Balaban J connectivity index is 1.72. The van der Waals surface area contributed by atoms with Crippen LogP contribution in [0.5, 0.6) is 11.5 Å². The molecule has 0 saturated carbocycles. The van der Waals surface area contributed by atoms with Crippen LogP contribution in [0.2, 0.25) is 0 Å². The number of carbonyl (C=O) groups is 1. The number of aromatic nitrogens is 2. The Morgan fingerprint density at radius 3 is 3.03 bits per heavy atom. The normalized spacial score (nSPS) is 19.2. The summed E-state index contributed by atoms with van der Waals surface area (Å²) < 4.78 is 25.8. The second-order valence-electron chi connectivity index (χ2n) is 8.61. The number of halogens is 1. The molecule has 0 spiro atoms. The molecular formula is C26H27FN4O3. The number of nitrogens with zero attached hydrogens (tertiary/aromatic N) is 1. The van der Waals surface area contributed by atoms with E-state index >= 15 is 0 Å². The van der Waals surface area contributed by atoms with E-state index in [9.17, 15) is 9.18 Å². The molecule has 2 aliphatic heterocycles. The van der Waals surface area contributed by atoms with Gasteiger partial charge in [-0.05, 0) is 44.4 Å². The van der Waals surface area contributed by atoms with Crippen LogP contribution >= 0.6 is 0 Å². The highest BCUT2D eigenvalue weighted by atomic mass is 19.1. The number of para-hydroxylation sites is 1. The van der Waals surface area contributed by atoms with Gasteiger partial charge < -0.3 is 25.1 Å². The van der Waals surface area contributed by atoms with E-state index in [1.165, 1.54) is 18.7 Å². The summed E-state index contributed by atoms with van der Waals surface area (Å²) in [6, 6.07) is 6.52. The zero-order valence-electron chi connectivity index (χ0n) is 19.2. The Labute approximate surface area is 197 Å². The first kappa shape index (κ1) is 22.0. The number of rotatable bonds is 3. The highest BCUT2D eigenvalue weighted by Gasteiger charge is 2.33. The quantitative estimate of drug-likeness (QED) is 0.460. The lowest BCUT2D eigenvalue weighted by Gasteiger charge is -2.24. The van der Waals surface area contributed by atoms with E-state index < -0.39 is 5.82 Å². The number of hydrogen-bond acceptors (Lipinski definition) is 5. The molecule has 7 nitrogen and oxygen atoms in total. The first-order valence-corrected chi connectivity index (χ1v) is 11.4. The summed E-state index contributed by atoms with van der Waals surface area (Å²) in [5.74, 6) is 0.141. The third-order valence-electron chi connectivity index (χ3n) is 6.41. The Morgan fingerprint density at radius 1 is 1.29 bits per heavy atom. The molecule has 176 valence electrons. The minimum Gasteiger partial charge on any atom is -0.492 e. The highest BCUT2D eigenvalue weighted by Crippen LogP contribution is 2.44. The van der Waals surface area contributed by atoms with Crippen LogP contribution in [0.3, 0.4) is 0 Å². The van der Waals surface area contributed by atoms with E-state index in [1.54, 1.807) is 24.5 Å². The standard InChI is InChI=1S/C26H27FN4O3/c1-15-5-4-12-34-20-14-28-11-10-17(20)23-24(30-19-7-3-6-18(27)25(19)33-2)21-22(31-23)16(9-8-15)13-29-26(21)32/h3,5-7,10-11,14,16,30-31H,4,8-9,12-13H2,1-2H3,(H,29,32)/b15-5-/t16-/m0/s1. The van der Waals surface area contributed by atoms with E-state index in [1.807, 2.05) is 6.07 Å². The number of ether oxygens (including phenoxy) is 2. The van der Waals surface area contributed by atoms with Crippen LogP contribution in [0, 0.1) is 5.82 Å². The van der Waals surface area contributed by atoms with Crippen molar-refractivity contribution >= 4 is 17.3 Å². The first-order chi connectivity index (χ1) is 16.6. The number of pyridine rings is 1. The molecule has 1 aromatic carbocycles. The molecule has 0 fully saturated rings. The van der Waals surface area contributed by atoms with Crippen LogP contribution in [-0.2, 0) is 0 Å². The number of hydrogen-bond donors (Lipinski definition) is 3. The van der Waals surface area contributed by atoms with Crippen molar-refractivity contribution < 1.29 is 18.7 Å². The van der Waals surface area contributed by atoms with Crippen LogP contribution in [0.1, 0.15) is 48.2 Å². The maximum Gasteiger partial charge on any atom is 0.255 e. The van der Waals surface area contributed by atoms with Crippen LogP contribution in [-0.4, -0.2) is 36.1 Å². The van der Waals surface area contributed by atoms with Crippen LogP contribution < -0.4 is 20.1 Å². The maximum absolute atomic E-state index is 14.4. The van der Waals surface area contributed by atoms with Crippen LogP contribution in [0.25, 0.3) is 11.3 Å². The summed E-state index contributed by atoms with van der Waals surface area (Å²) in [6.07, 6.45) is 8.18. The van der Waals surface area contributed by atoms with Gasteiger partial charge in [0.05, 0.1) is 42.5 Å². The fraction of sp³-hybridized carbons (Fsp3) is 0.308. The average molecular weight is 463 g/mol. The molecule has 1 amide bonds. The van der Waals surface area contributed by atoms with Gasteiger partial charge in [-0.1, -0.05) is 17.7 Å². The second kappa shape index (κ2) is 9.21. The molecule has 2 aliphatic rings. The number of anilines is 2. The molecule has 1 atom stereocenters. The number of nitrogens with one attached hydrogen (secondary N) is 3. The first-order valence-electron chi connectivity index (χ1n) is 11.4. The average Bonchev–Trinajstić information content (AvgIpc) is 3.21. The number of aromatic amines is 1. The van der Waals surface area contributed by atoms with Crippen molar-refractivity contribution in [3.63, 3.8) is 0 Å². The molecule has 3 N–H and O–H groups in total. The van der Waals surface area contributed by atoms with Crippen molar-refractivity contribution in [2.45, 2.75) is 32.1 Å². The number of amides is 1. The van der Waals surface area contributed by atoms with E-state index in [0.29, 0.717) is 41.5 Å². The molecule has 2 aromatic heterocycles. The number of methoxy groups -OCH3 is 1. The zero-order valence-corrected chi connectivity index (χ0v) is 19.2. The third-order valence-corrected chi connectivity index (χ3v) is 6.41. The lowest BCUT2D eigenvalue weighted by atomic mass is 9.90. The third kappa shape index (κ3) is 4.00. The molecule has 2 bridgehead atoms. The minimum atomic E-state index is -0.488.